The third-order valence-corrected chi connectivity index (χ3v) is 3.52. The second-order valence-corrected chi connectivity index (χ2v) is 5.20. The van der Waals surface area contributed by atoms with Gasteiger partial charge >= 0.3 is 0 Å². The van der Waals surface area contributed by atoms with Crippen molar-refractivity contribution in [1.29, 1.82) is 0 Å². The smallest absolute Gasteiger partial charge is 0.257 e. The highest BCUT2D eigenvalue weighted by Crippen LogP contribution is 2.21. The molecule has 0 aliphatic carbocycles. The van der Waals surface area contributed by atoms with Crippen molar-refractivity contribution in [2.45, 2.75) is 32.7 Å². The van der Waals surface area contributed by atoms with Crippen LogP contribution in [0.25, 0.3) is 0 Å². The van der Waals surface area contributed by atoms with Gasteiger partial charge in [0, 0.05) is 19.0 Å². The molecule has 0 aliphatic heterocycles. The van der Waals surface area contributed by atoms with Crippen LogP contribution in [0.5, 0.6) is 5.75 Å². The highest BCUT2D eigenvalue weighted by Gasteiger charge is 2.22. The topological polar surface area (TPSA) is 55.6 Å². The van der Waals surface area contributed by atoms with Crippen LogP contribution in [-0.2, 0) is 0 Å². The zero-order valence-corrected chi connectivity index (χ0v) is 13.1. The molecule has 20 heavy (non-hydrogen) atoms. The minimum atomic E-state index is -0.0481. The van der Waals surface area contributed by atoms with Crippen molar-refractivity contribution >= 4 is 23.1 Å². The fourth-order valence-corrected chi connectivity index (χ4v) is 2.04. The molecule has 1 atom stereocenters. The molecule has 1 rings (SSSR count). The van der Waals surface area contributed by atoms with Gasteiger partial charge in [0.25, 0.3) is 5.91 Å². The van der Waals surface area contributed by atoms with Gasteiger partial charge in [-0.2, -0.15) is 0 Å². The number of methoxy groups -OCH3 is 1. The van der Waals surface area contributed by atoms with E-state index in [0.29, 0.717) is 29.3 Å². The van der Waals surface area contributed by atoms with Crippen LogP contribution >= 0.6 is 12.2 Å². The summed E-state index contributed by atoms with van der Waals surface area (Å²) in [5, 5.41) is 0. The van der Waals surface area contributed by atoms with Gasteiger partial charge < -0.3 is 15.4 Å². The Kier molecular flexibility index (Phi) is 6.45. The van der Waals surface area contributed by atoms with Gasteiger partial charge in [-0.1, -0.05) is 31.3 Å². The summed E-state index contributed by atoms with van der Waals surface area (Å²) in [6.07, 6.45) is 1.40. The Balaban J connectivity index is 3.00. The van der Waals surface area contributed by atoms with Gasteiger partial charge in [0.05, 0.1) is 17.7 Å². The molecule has 1 aromatic carbocycles. The van der Waals surface area contributed by atoms with E-state index in [-0.39, 0.29) is 11.9 Å². The molecule has 5 heteroatoms. The van der Waals surface area contributed by atoms with Crippen LogP contribution in [0, 0.1) is 0 Å². The van der Waals surface area contributed by atoms with E-state index in [1.807, 2.05) is 26.0 Å². The van der Waals surface area contributed by atoms with Gasteiger partial charge in [0.15, 0.2) is 0 Å². The number of thiocarbonyl (C=S) groups is 1. The molecule has 0 bridgehead atoms. The van der Waals surface area contributed by atoms with Crippen LogP contribution in [-0.4, -0.2) is 35.5 Å². The van der Waals surface area contributed by atoms with Crippen LogP contribution in [0.2, 0.25) is 0 Å². The van der Waals surface area contributed by atoms with Crippen LogP contribution in [0.1, 0.15) is 37.0 Å². The maximum absolute atomic E-state index is 12.7. The summed E-state index contributed by atoms with van der Waals surface area (Å²) in [7, 11) is 1.56. The van der Waals surface area contributed by atoms with Crippen molar-refractivity contribution in [2.24, 2.45) is 5.73 Å². The van der Waals surface area contributed by atoms with Crippen molar-refractivity contribution in [2.75, 3.05) is 13.7 Å². The van der Waals surface area contributed by atoms with Gasteiger partial charge in [0.1, 0.15) is 5.75 Å². The van der Waals surface area contributed by atoms with E-state index in [2.05, 4.69) is 0 Å². The van der Waals surface area contributed by atoms with E-state index in [4.69, 9.17) is 22.7 Å². The van der Waals surface area contributed by atoms with Gasteiger partial charge in [-0.05, 0) is 25.5 Å². The minimum absolute atomic E-state index is 0.0481. The Bertz CT molecular complexity index is 477. The lowest BCUT2D eigenvalue weighted by Crippen LogP contribution is -2.40. The van der Waals surface area contributed by atoms with E-state index in [0.717, 1.165) is 6.42 Å². The Morgan fingerprint density at radius 2 is 2.10 bits per heavy atom. The van der Waals surface area contributed by atoms with Crippen molar-refractivity contribution in [3.8, 4) is 5.75 Å². The summed E-state index contributed by atoms with van der Waals surface area (Å²) in [6.45, 7) is 4.60. The fraction of sp³-hybridized carbons (Fsp3) is 0.467. The van der Waals surface area contributed by atoms with Gasteiger partial charge in [-0.3, -0.25) is 4.79 Å². The molecule has 0 radical (unpaired) electrons. The second-order valence-electron chi connectivity index (χ2n) is 4.67. The summed E-state index contributed by atoms with van der Waals surface area (Å²) >= 11 is 4.90. The average molecular weight is 294 g/mol. The SMILES string of the molecule is CCC(C)N(CCC(N)=S)C(=O)c1ccccc1OC. The molecular formula is C15H22N2O2S. The molecule has 0 fully saturated rings. The average Bonchev–Trinajstić information content (AvgIpc) is 2.46. The standard InChI is InChI=1S/C15H22N2O2S/c1-4-11(2)17(10-9-14(16)20)15(18)12-7-5-6-8-13(12)19-3/h5-8,11H,4,9-10H2,1-3H3,(H2,16,20). The number of ether oxygens (including phenoxy) is 1. The molecule has 0 saturated heterocycles. The lowest BCUT2D eigenvalue weighted by atomic mass is 10.1. The number of carbonyl (C=O) groups excluding carboxylic acids is 1. The first-order valence-electron chi connectivity index (χ1n) is 6.73. The Morgan fingerprint density at radius 1 is 1.45 bits per heavy atom. The normalized spacial score (nSPS) is 11.8. The largest absolute Gasteiger partial charge is 0.496 e. The fourth-order valence-electron chi connectivity index (χ4n) is 1.95. The van der Waals surface area contributed by atoms with Gasteiger partial charge in [-0.25, -0.2) is 0 Å². The summed E-state index contributed by atoms with van der Waals surface area (Å²) in [5.74, 6) is 0.536. The third kappa shape index (κ3) is 4.20. The van der Waals surface area contributed by atoms with Crippen LogP contribution < -0.4 is 10.5 Å². The van der Waals surface area contributed by atoms with Crippen LogP contribution in [0.4, 0.5) is 0 Å². The maximum atomic E-state index is 12.7. The van der Waals surface area contributed by atoms with E-state index >= 15 is 0 Å². The summed E-state index contributed by atoms with van der Waals surface area (Å²) < 4.78 is 5.26. The highest BCUT2D eigenvalue weighted by atomic mass is 32.1. The number of hydrogen-bond donors (Lipinski definition) is 1. The molecule has 0 heterocycles. The number of carbonyl (C=O) groups is 1. The number of amides is 1. The van der Waals surface area contributed by atoms with Crippen molar-refractivity contribution in [1.82, 2.24) is 4.90 Å². The molecule has 0 spiro atoms. The van der Waals surface area contributed by atoms with Crippen LogP contribution in [0.3, 0.4) is 0 Å². The van der Waals surface area contributed by atoms with Crippen molar-refractivity contribution in [3.63, 3.8) is 0 Å². The van der Waals surface area contributed by atoms with E-state index in [1.165, 1.54) is 0 Å². The molecule has 110 valence electrons. The number of para-hydroxylation sites is 1. The Morgan fingerprint density at radius 3 is 2.65 bits per heavy atom. The lowest BCUT2D eigenvalue weighted by Gasteiger charge is -2.29. The molecule has 0 aromatic heterocycles. The molecule has 1 unspecified atom stereocenters. The molecule has 1 aromatic rings. The van der Waals surface area contributed by atoms with Crippen molar-refractivity contribution < 1.29 is 9.53 Å². The molecule has 2 N–H and O–H groups in total. The van der Waals surface area contributed by atoms with Crippen molar-refractivity contribution in [3.05, 3.63) is 29.8 Å². The van der Waals surface area contributed by atoms with E-state index in [9.17, 15) is 4.79 Å². The molecule has 0 aliphatic rings. The number of nitrogens with zero attached hydrogens (tertiary/aromatic N) is 1. The van der Waals surface area contributed by atoms with Gasteiger partial charge in [0.2, 0.25) is 0 Å². The molecule has 0 saturated carbocycles. The highest BCUT2D eigenvalue weighted by molar-refractivity contribution is 7.80. The monoisotopic (exact) mass is 294 g/mol. The Hall–Kier alpha value is -1.62. The first kappa shape index (κ1) is 16.4. The summed E-state index contributed by atoms with van der Waals surface area (Å²) in [5.41, 5.74) is 6.11. The second kappa shape index (κ2) is 7.85. The quantitative estimate of drug-likeness (QED) is 0.785. The lowest BCUT2D eigenvalue weighted by molar-refractivity contribution is 0.0691. The molecular weight excluding hydrogens is 272 g/mol. The first-order chi connectivity index (χ1) is 9.51. The summed E-state index contributed by atoms with van der Waals surface area (Å²) in [6, 6.07) is 7.37. The number of nitrogens with two attached hydrogens (primary N) is 1. The van der Waals surface area contributed by atoms with Gasteiger partial charge in [-0.15, -0.1) is 0 Å². The Labute approximate surface area is 125 Å². The van der Waals surface area contributed by atoms with E-state index in [1.54, 1.807) is 24.1 Å². The third-order valence-electron chi connectivity index (χ3n) is 3.32. The first-order valence-corrected chi connectivity index (χ1v) is 7.14. The summed E-state index contributed by atoms with van der Waals surface area (Å²) in [4.78, 5) is 14.9. The number of benzene rings is 1. The predicted molar refractivity (Wildman–Crippen MR) is 85.2 cm³/mol. The molecule has 4 nitrogen and oxygen atoms in total. The number of hydrogen-bond acceptors (Lipinski definition) is 3. The maximum Gasteiger partial charge on any atom is 0.257 e. The predicted octanol–water partition coefficient (Wildman–Crippen LogP) is 2.61. The molecule has 1 amide bonds. The zero-order valence-electron chi connectivity index (χ0n) is 12.3. The van der Waals surface area contributed by atoms with E-state index < -0.39 is 0 Å². The zero-order chi connectivity index (χ0) is 15.1. The number of rotatable bonds is 7. The van der Waals surface area contributed by atoms with Crippen LogP contribution in [0.15, 0.2) is 24.3 Å². The minimum Gasteiger partial charge on any atom is -0.496 e.